The topological polar surface area (TPSA) is 84.5 Å². The van der Waals surface area contributed by atoms with Gasteiger partial charge in [-0.05, 0) is 46.7 Å². The van der Waals surface area contributed by atoms with E-state index < -0.39 is 0 Å². The largest absolute Gasteiger partial charge is 0.464 e. The Morgan fingerprint density at radius 3 is 2.50 bits per heavy atom. The smallest absolute Gasteiger partial charge is 0.291 e. The van der Waals surface area contributed by atoms with Crippen LogP contribution in [-0.4, -0.2) is 11.8 Å². The first kappa shape index (κ1) is 19.6. The lowest BCUT2D eigenvalue weighted by Crippen LogP contribution is -2.24. The maximum atomic E-state index is 12.6. The van der Waals surface area contributed by atoms with Crippen LogP contribution in [0.25, 0.3) is 21.7 Å². The molecule has 0 aliphatic carbocycles. The lowest BCUT2D eigenvalue weighted by molar-refractivity contribution is -0.120. The summed E-state index contributed by atoms with van der Waals surface area (Å²) in [5.41, 5.74) is 3.22. The molecule has 0 radical (unpaired) electrons. The van der Waals surface area contributed by atoms with Crippen molar-refractivity contribution >= 4 is 39.2 Å². The van der Waals surface area contributed by atoms with E-state index in [1.807, 2.05) is 48.5 Å². The Labute approximate surface area is 183 Å². The van der Waals surface area contributed by atoms with Gasteiger partial charge in [-0.15, -0.1) is 0 Å². The lowest BCUT2D eigenvalue weighted by atomic mass is 10.0. The van der Waals surface area contributed by atoms with Crippen LogP contribution in [0.5, 0.6) is 0 Å². The van der Waals surface area contributed by atoms with E-state index in [0.29, 0.717) is 12.2 Å². The fourth-order valence-electron chi connectivity index (χ4n) is 3.75. The van der Waals surface area contributed by atoms with Crippen molar-refractivity contribution in [2.75, 3.05) is 5.32 Å². The molecule has 0 bridgehead atoms. The number of carbonyl (C=O) groups is 2. The van der Waals surface area contributed by atoms with Gasteiger partial charge in [0.05, 0.1) is 18.9 Å². The third-order valence-corrected chi connectivity index (χ3v) is 5.34. The first-order valence-corrected chi connectivity index (χ1v) is 10.3. The number of carbonyl (C=O) groups excluding carboxylic acids is 2. The number of nitrogens with one attached hydrogen (secondary N) is 2. The van der Waals surface area contributed by atoms with Gasteiger partial charge in [-0.2, -0.15) is 0 Å². The van der Waals surface area contributed by atoms with Gasteiger partial charge in [0.2, 0.25) is 5.91 Å². The maximum Gasteiger partial charge on any atom is 0.291 e. The molecule has 6 heteroatoms. The standard InChI is InChI=1S/C26H20N2O4/c29-24(14-19-16-32-22-12-9-18-4-1-2-5-21(18)25(19)22)27-15-17-7-10-20(11-8-17)28-26(30)23-6-3-13-31-23/h1-13,16H,14-15H2,(H,27,29)(H,28,30). The molecule has 0 fully saturated rings. The highest BCUT2D eigenvalue weighted by Gasteiger charge is 2.13. The van der Waals surface area contributed by atoms with Gasteiger partial charge in [-0.25, -0.2) is 0 Å². The number of hydrogen-bond donors (Lipinski definition) is 2. The minimum atomic E-state index is -0.309. The van der Waals surface area contributed by atoms with E-state index in [4.69, 9.17) is 8.83 Å². The van der Waals surface area contributed by atoms with Crippen LogP contribution in [0.1, 0.15) is 21.7 Å². The van der Waals surface area contributed by atoms with E-state index in [-0.39, 0.29) is 24.0 Å². The van der Waals surface area contributed by atoms with Gasteiger partial charge in [0, 0.05) is 23.2 Å². The zero-order valence-electron chi connectivity index (χ0n) is 17.1. The summed E-state index contributed by atoms with van der Waals surface area (Å²) < 4.78 is 10.8. The number of benzene rings is 3. The second-order valence-corrected chi connectivity index (χ2v) is 7.50. The van der Waals surface area contributed by atoms with Gasteiger partial charge >= 0.3 is 0 Å². The van der Waals surface area contributed by atoms with Crippen molar-refractivity contribution in [1.29, 1.82) is 0 Å². The normalized spacial score (nSPS) is 11.0. The molecule has 2 aromatic heterocycles. The van der Waals surface area contributed by atoms with Gasteiger partial charge in [0.15, 0.2) is 5.76 Å². The number of rotatable bonds is 6. The van der Waals surface area contributed by atoms with Crippen LogP contribution in [0.3, 0.4) is 0 Å². The van der Waals surface area contributed by atoms with Crippen LogP contribution in [0, 0.1) is 0 Å². The molecule has 2 N–H and O–H groups in total. The predicted octanol–water partition coefficient (Wildman–Crippen LogP) is 5.29. The highest BCUT2D eigenvalue weighted by Crippen LogP contribution is 2.30. The second-order valence-electron chi connectivity index (χ2n) is 7.50. The summed E-state index contributed by atoms with van der Waals surface area (Å²) in [6.07, 6.45) is 3.35. The zero-order valence-corrected chi connectivity index (χ0v) is 17.1. The second kappa shape index (κ2) is 8.43. The van der Waals surface area contributed by atoms with Crippen LogP contribution in [-0.2, 0) is 17.8 Å². The Hall–Kier alpha value is -4.32. The van der Waals surface area contributed by atoms with Crippen LogP contribution < -0.4 is 10.6 Å². The molecule has 3 aromatic carbocycles. The molecule has 0 saturated heterocycles. The SMILES string of the molecule is O=C(Cc1coc2ccc3ccccc3c12)NCc1ccc(NC(=O)c2ccco2)cc1. The molecule has 0 aliphatic rings. The highest BCUT2D eigenvalue weighted by atomic mass is 16.3. The van der Waals surface area contributed by atoms with Crippen LogP contribution in [0.15, 0.2) is 94.2 Å². The van der Waals surface area contributed by atoms with Gasteiger partial charge in [0.1, 0.15) is 5.58 Å². The molecule has 5 aromatic rings. The van der Waals surface area contributed by atoms with Crippen molar-refractivity contribution in [3.63, 3.8) is 0 Å². The van der Waals surface area contributed by atoms with Gasteiger partial charge in [0.25, 0.3) is 5.91 Å². The molecule has 6 nitrogen and oxygen atoms in total. The molecule has 0 atom stereocenters. The molecule has 158 valence electrons. The molecule has 2 heterocycles. The van der Waals surface area contributed by atoms with Gasteiger partial charge in [-0.3, -0.25) is 9.59 Å². The Balaban J connectivity index is 1.22. The number of anilines is 1. The van der Waals surface area contributed by atoms with Crippen molar-refractivity contribution in [3.8, 4) is 0 Å². The Morgan fingerprint density at radius 1 is 0.844 bits per heavy atom. The highest BCUT2D eigenvalue weighted by molar-refractivity contribution is 6.08. The summed E-state index contributed by atoms with van der Waals surface area (Å²) >= 11 is 0. The molecule has 5 rings (SSSR count). The van der Waals surface area contributed by atoms with Crippen molar-refractivity contribution in [3.05, 3.63) is 102 Å². The molecule has 2 amide bonds. The minimum Gasteiger partial charge on any atom is -0.464 e. The summed E-state index contributed by atoms with van der Waals surface area (Å²) in [6.45, 7) is 0.391. The van der Waals surface area contributed by atoms with Crippen molar-refractivity contribution in [2.45, 2.75) is 13.0 Å². The van der Waals surface area contributed by atoms with E-state index in [2.05, 4.69) is 10.6 Å². The maximum absolute atomic E-state index is 12.6. The van der Waals surface area contributed by atoms with E-state index >= 15 is 0 Å². The molecule has 0 saturated carbocycles. The average Bonchev–Trinajstić information content (AvgIpc) is 3.49. The fourth-order valence-corrected chi connectivity index (χ4v) is 3.75. The molecule has 0 aliphatic heterocycles. The first-order valence-electron chi connectivity index (χ1n) is 10.3. The summed E-state index contributed by atoms with van der Waals surface area (Å²) in [5, 5.41) is 8.89. The Kier molecular flexibility index (Phi) is 5.17. The number of furan rings is 2. The van der Waals surface area contributed by atoms with Crippen LogP contribution in [0.2, 0.25) is 0 Å². The number of amides is 2. The summed E-state index contributed by atoms with van der Waals surface area (Å²) in [6, 6.07) is 22.6. The van der Waals surface area contributed by atoms with Gasteiger partial charge in [-0.1, -0.05) is 42.5 Å². The monoisotopic (exact) mass is 424 g/mol. The first-order chi connectivity index (χ1) is 15.7. The quantitative estimate of drug-likeness (QED) is 0.388. The van der Waals surface area contributed by atoms with Gasteiger partial charge < -0.3 is 19.5 Å². The van der Waals surface area contributed by atoms with Crippen LogP contribution in [0.4, 0.5) is 5.69 Å². The lowest BCUT2D eigenvalue weighted by Gasteiger charge is -2.07. The molecule has 32 heavy (non-hydrogen) atoms. The molecular weight excluding hydrogens is 404 g/mol. The minimum absolute atomic E-state index is 0.0872. The van der Waals surface area contributed by atoms with Crippen molar-refractivity contribution < 1.29 is 18.4 Å². The molecule has 0 spiro atoms. The molecule has 0 unspecified atom stereocenters. The fraction of sp³-hybridized carbons (Fsp3) is 0.0769. The Bertz CT molecular complexity index is 1400. The van der Waals surface area contributed by atoms with Crippen molar-refractivity contribution in [1.82, 2.24) is 5.32 Å². The third kappa shape index (κ3) is 3.98. The average molecular weight is 424 g/mol. The van der Waals surface area contributed by atoms with Crippen LogP contribution >= 0.6 is 0 Å². The summed E-state index contributed by atoms with van der Waals surface area (Å²) in [4.78, 5) is 24.6. The summed E-state index contributed by atoms with van der Waals surface area (Å²) in [5.74, 6) is -0.146. The third-order valence-electron chi connectivity index (χ3n) is 5.34. The van der Waals surface area contributed by atoms with E-state index in [9.17, 15) is 9.59 Å². The van der Waals surface area contributed by atoms with E-state index in [1.54, 1.807) is 30.5 Å². The zero-order chi connectivity index (χ0) is 21.9. The number of hydrogen-bond acceptors (Lipinski definition) is 4. The Morgan fingerprint density at radius 2 is 1.69 bits per heavy atom. The molecular formula is C26H20N2O4. The summed E-state index contributed by atoms with van der Waals surface area (Å²) in [7, 11) is 0. The number of fused-ring (bicyclic) bond motifs is 3. The van der Waals surface area contributed by atoms with E-state index in [1.165, 1.54) is 6.26 Å². The van der Waals surface area contributed by atoms with E-state index in [0.717, 1.165) is 32.9 Å². The predicted molar refractivity (Wildman–Crippen MR) is 122 cm³/mol. The van der Waals surface area contributed by atoms with Crippen molar-refractivity contribution in [2.24, 2.45) is 0 Å².